The Morgan fingerprint density at radius 2 is 1.71 bits per heavy atom. The van der Waals surface area contributed by atoms with Crippen LogP contribution in [0.2, 0.25) is 0 Å². The first kappa shape index (κ1) is 25.0. The fourth-order valence-corrected chi connectivity index (χ4v) is 4.70. The molecule has 5 aromatic rings. The monoisotopic (exact) mass is 507 g/mol. The summed E-state index contributed by atoms with van der Waals surface area (Å²) in [6.07, 6.45) is 1.72. The molecule has 5 rings (SSSR count). The van der Waals surface area contributed by atoms with Crippen molar-refractivity contribution in [1.29, 1.82) is 0 Å². The molecule has 0 aliphatic rings. The highest BCUT2D eigenvalue weighted by atomic mass is 19.1. The molecule has 0 atom stereocenters. The molecule has 190 valence electrons. The second-order valence-corrected chi connectivity index (χ2v) is 9.39. The molecular weight excluding hydrogens is 481 g/mol. The lowest BCUT2D eigenvalue weighted by Gasteiger charge is -2.13. The number of Topliss-reactive ketones (excluding diaryl/α,β-unsaturated/α-hetero) is 1. The van der Waals surface area contributed by atoms with E-state index in [2.05, 4.69) is 15.0 Å². The molecule has 0 saturated carbocycles. The van der Waals surface area contributed by atoms with E-state index in [4.69, 9.17) is 4.74 Å². The minimum absolute atomic E-state index is 0.0496. The number of ether oxygens (including phenoxy) is 1. The van der Waals surface area contributed by atoms with Gasteiger partial charge in [0.05, 0.1) is 11.1 Å². The highest BCUT2D eigenvalue weighted by molar-refractivity contribution is 5.99. The van der Waals surface area contributed by atoms with Crippen molar-refractivity contribution in [2.45, 2.75) is 34.1 Å². The number of H-pyrrole nitrogens is 1. The van der Waals surface area contributed by atoms with E-state index in [1.165, 1.54) is 12.1 Å². The zero-order chi connectivity index (χ0) is 27.0. The molecule has 0 aliphatic carbocycles. The van der Waals surface area contributed by atoms with Crippen molar-refractivity contribution >= 4 is 16.8 Å². The van der Waals surface area contributed by atoms with Crippen molar-refractivity contribution in [1.82, 2.24) is 15.0 Å². The molecule has 7 heteroatoms. The largest absolute Gasteiger partial charge is 0.455 e. The number of carbonyl (C=O) groups is 1. The third-order valence-electron chi connectivity index (χ3n) is 6.52. The highest BCUT2D eigenvalue weighted by Gasteiger charge is 2.21. The molecule has 0 radical (unpaired) electrons. The summed E-state index contributed by atoms with van der Waals surface area (Å²) in [6.45, 7) is 7.15. The number of nitrogens with one attached hydrogen (secondary N) is 1. The van der Waals surface area contributed by atoms with Crippen molar-refractivity contribution < 1.29 is 13.9 Å². The zero-order valence-electron chi connectivity index (χ0n) is 21.6. The van der Waals surface area contributed by atoms with Gasteiger partial charge in [0.15, 0.2) is 11.5 Å². The van der Waals surface area contributed by atoms with Gasteiger partial charge >= 0.3 is 0 Å². The summed E-state index contributed by atoms with van der Waals surface area (Å²) in [5, 5.41) is 0. The number of carbonyl (C=O) groups excluding carboxylic acids is 1. The predicted octanol–water partition coefficient (Wildman–Crippen LogP) is 6.58. The maximum Gasteiger partial charge on any atom is 0.200 e. The quantitative estimate of drug-likeness (QED) is 0.263. The molecular formula is C31H26FN3O3. The molecule has 3 aromatic heterocycles. The van der Waals surface area contributed by atoms with Gasteiger partial charge in [-0.2, -0.15) is 0 Å². The average Bonchev–Trinajstić information content (AvgIpc) is 2.86. The van der Waals surface area contributed by atoms with E-state index in [9.17, 15) is 14.0 Å². The van der Waals surface area contributed by atoms with Crippen LogP contribution in [0.1, 0.15) is 38.6 Å². The molecule has 3 heterocycles. The second kappa shape index (κ2) is 10.0. The zero-order valence-corrected chi connectivity index (χ0v) is 21.6. The standard InChI is InChI=1S/C31H26FN3O3/c1-17-15-22(32)8-11-24(17)28-19(3)35-20(4)29(31(28)37)26(36)16-21-6-9-23(10-7-21)38-27-13-14-33-25-12-5-18(2)34-30(25)27/h5-15H,16H2,1-4H3,(H,35,37). The van der Waals surface area contributed by atoms with Gasteiger partial charge in [-0.3, -0.25) is 14.6 Å². The number of nitrogens with zero attached hydrogens (tertiary/aromatic N) is 2. The van der Waals surface area contributed by atoms with Gasteiger partial charge in [-0.25, -0.2) is 9.37 Å². The smallest absolute Gasteiger partial charge is 0.200 e. The van der Waals surface area contributed by atoms with Crippen LogP contribution in [0.3, 0.4) is 0 Å². The number of aromatic amines is 1. The summed E-state index contributed by atoms with van der Waals surface area (Å²) in [7, 11) is 0. The summed E-state index contributed by atoms with van der Waals surface area (Å²) >= 11 is 0. The molecule has 2 aromatic carbocycles. The number of fused-ring (bicyclic) bond motifs is 1. The molecule has 0 fully saturated rings. The summed E-state index contributed by atoms with van der Waals surface area (Å²) in [4.78, 5) is 38.9. The van der Waals surface area contributed by atoms with Crippen LogP contribution in [0, 0.1) is 33.5 Å². The fraction of sp³-hybridized carbons (Fsp3) is 0.161. The van der Waals surface area contributed by atoms with Crippen LogP contribution in [0.25, 0.3) is 22.2 Å². The van der Waals surface area contributed by atoms with Crippen LogP contribution >= 0.6 is 0 Å². The average molecular weight is 508 g/mol. The molecule has 6 nitrogen and oxygen atoms in total. The van der Waals surface area contributed by atoms with E-state index in [1.807, 2.05) is 19.1 Å². The highest BCUT2D eigenvalue weighted by Crippen LogP contribution is 2.28. The molecule has 0 unspecified atom stereocenters. The van der Waals surface area contributed by atoms with Crippen LogP contribution < -0.4 is 10.2 Å². The summed E-state index contributed by atoms with van der Waals surface area (Å²) in [6, 6.07) is 17.0. The number of rotatable bonds is 6. The Labute approximate surface area is 219 Å². The Morgan fingerprint density at radius 1 is 0.947 bits per heavy atom. The van der Waals surface area contributed by atoms with Crippen molar-refractivity contribution in [3.8, 4) is 22.6 Å². The SMILES string of the molecule is Cc1ccc2nccc(Oc3ccc(CC(=O)c4c(C)[nH]c(C)c(-c5ccc(F)cc5C)c4=O)cc3)c2n1. The van der Waals surface area contributed by atoms with Crippen molar-refractivity contribution in [2.75, 3.05) is 0 Å². The van der Waals surface area contributed by atoms with Crippen LogP contribution in [-0.2, 0) is 6.42 Å². The Kier molecular flexibility index (Phi) is 6.59. The third-order valence-corrected chi connectivity index (χ3v) is 6.52. The van der Waals surface area contributed by atoms with Gasteiger partial charge in [0.2, 0.25) is 5.43 Å². The van der Waals surface area contributed by atoms with E-state index >= 15 is 0 Å². The van der Waals surface area contributed by atoms with E-state index in [0.717, 1.165) is 16.8 Å². The van der Waals surface area contributed by atoms with Crippen LogP contribution in [-0.4, -0.2) is 20.7 Å². The second-order valence-electron chi connectivity index (χ2n) is 9.39. The number of benzene rings is 2. The molecule has 0 saturated heterocycles. The summed E-state index contributed by atoms with van der Waals surface area (Å²) in [5.74, 6) is 0.515. The predicted molar refractivity (Wildman–Crippen MR) is 145 cm³/mol. The van der Waals surface area contributed by atoms with E-state index in [1.54, 1.807) is 63.4 Å². The van der Waals surface area contributed by atoms with Gasteiger partial charge in [-0.05, 0) is 80.8 Å². The molecule has 0 spiro atoms. The van der Waals surface area contributed by atoms with Gasteiger partial charge in [0, 0.05) is 41.3 Å². The molecule has 38 heavy (non-hydrogen) atoms. The molecule has 0 bridgehead atoms. The third kappa shape index (κ3) is 4.83. The van der Waals surface area contributed by atoms with Crippen LogP contribution in [0.4, 0.5) is 4.39 Å². The van der Waals surface area contributed by atoms with E-state index in [0.29, 0.717) is 45.1 Å². The lowest BCUT2D eigenvalue weighted by atomic mass is 9.93. The van der Waals surface area contributed by atoms with Crippen molar-refractivity contribution in [3.63, 3.8) is 0 Å². The summed E-state index contributed by atoms with van der Waals surface area (Å²) in [5.41, 5.74) is 5.54. The van der Waals surface area contributed by atoms with Gasteiger partial charge < -0.3 is 9.72 Å². The first-order chi connectivity index (χ1) is 18.2. The maximum absolute atomic E-state index is 13.7. The number of pyridine rings is 3. The number of ketones is 1. The minimum Gasteiger partial charge on any atom is -0.455 e. The van der Waals surface area contributed by atoms with Gasteiger partial charge in [-0.15, -0.1) is 0 Å². The Morgan fingerprint density at radius 3 is 2.45 bits per heavy atom. The molecule has 0 aliphatic heterocycles. The van der Waals surface area contributed by atoms with Gasteiger partial charge in [0.1, 0.15) is 17.1 Å². The number of hydrogen-bond donors (Lipinski definition) is 1. The van der Waals surface area contributed by atoms with Gasteiger partial charge in [-0.1, -0.05) is 18.2 Å². The van der Waals surface area contributed by atoms with Crippen molar-refractivity contribution in [2.24, 2.45) is 0 Å². The maximum atomic E-state index is 13.7. The number of hydrogen-bond acceptors (Lipinski definition) is 5. The first-order valence-corrected chi connectivity index (χ1v) is 12.2. The number of aromatic nitrogens is 3. The van der Waals surface area contributed by atoms with Crippen LogP contribution in [0.15, 0.2) is 71.7 Å². The van der Waals surface area contributed by atoms with E-state index in [-0.39, 0.29) is 29.0 Å². The Balaban J connectivity index is 1.40. The van der Waals surface area contributed by atoms with E-state index < -0.39 is 0 Å². The topological polar surface area (TPSA) is 84.9 Å². The molecule has 1 N–H and O–H groups in total. The molecule has 0 amide bonds. The summed E-state index contributed by atoms with van der Waals surface area (Å²) < 4.78 is 19.7. The number of aryl methyl sites for hydroxylation is 4. The normalized spacial score (nSPS) is 11.1. The number of halogens is 1. The van der Waals surface area contributed by atoms with Crippen molar-refractivity contribution in [3.05, 3.63) is 117 Å². The van der Waals surface area contributed by atoms with Gasteiger partial charge in [0.25, 0.3) is 0 Å². The lowest BCUT2D eigenvalue weighted by molar-refractivity contribution is 0.0991. The minimum atomic E-state index is -0.375. The lowest BCUT2D eigenvalue weighted by Crippen LogP contribution is -2.23. The first-order valence-electron chi connectivity index (χ1n) is 12.2. The van der Waals surface area contributed by atoms with Crippen LogP contribution in [0.5, 0.6) is 11.5 Å². The Hall–Kier alpha value is -4.65. The fourth-order valence-electron chi connectivity index (χ4n) is 4.70. The Bertz CT molecular complexity index is 1760.